The Hall–Kier alpha value is -3.71. The molecule has 0 fully saturated rings. The maximum absolute atomic E-state index is 12.0. The number of halogens is 1. The molecule has 5 rings (SSSR count). The summed E-state index contributed by atoms with van der Waals surface area (Å²) < 4.78 is 6.99. The van der Waals surface area contributed by atoms with Crippen molar-refractivity contribution in [2.45, 2.75) is 32.2 Å². The molecule has 0 bridgehead atoms. The number of hydrogen-bond acceptors (Lipinski definition) is 6. The molecule has 0 aliphatic heterocycles. The maximum Gasteiger partial charge on any atom is 0.311 e. The van der Waals surface area contributed by atoms with E-state index in [-0.39, 0.29) is 18.4 Å². The number of hydrogen-bond donors (Lipinski definition) is 1. The van der Waals surface area contributed by atoms with Gasteiger partial charge in [0.25, 0.3) is 0 Å². The molecule has 0 unspecified atom stereocenters. The molecule has 2 heterocycles. The fraction of sp³-hybridized carbons (Fsp3) is 0.231. The molecular weight excluding hydrogens is 450 g/mol. The van der Waals surface area contributed by atoms with E-state index in [4.69, 9.17) is 21.3 Å². The molecule has 172 valence electrons. The van der Waals surface area contributed by atoms with Crippen molar-refractivity contribution < 1.29 is 9.53 Å². The summed E-state index contributed by atoms with van der Waals surface area (Å²) in [4.78, 5) is 25.8. The summed E-state index contributed by atoms with van der Waals surface area (Å²) in [5.41, 5.74) is 4.96. The second-order valence-electron chi connectivity index (χ2n) is 8.20. The summed E-state index contributed by atoms with van der Waals surface area (Å²) in [5.74, 6) is 0.905. The molecule has 0 radical (unpaired) electrons. The maximum atomic E-state index is 12.0. The highest BCUT2D eigenvalue weighted by molar-refractivity contribution is 6.30. The summed E-state index contributed by atoms with van der Waals surface area (Å²) in [6, 6.07) is 16.2. The Balaban J connectivity index is 1.39. The number of ether oxygens (including phenoxy) is 1. The summed E-state index contributed by atoms with van der Waals surface area (Å²) >= 11 is 6.07. The Labute approximate surface area is 202 Å². The van der Waals surface area contributed by atoms with E-state index >= 15 is 0 Å². The SMILES string of the molecule is CCOC(=O)Cc1cn(-c2ccc(Cl)cc2)c(-c2cnc(NC3Cc4ccccc4C3)nc2)n1. The quantitative estimate of drug-likeness (QED) is 0.393. The highest BCUT2D eigenvalue weighted by atomic mass is 35.5. The van der Waals surface area contributed by atoms with Gasteiger partial charge < -0.3 is 10.1 Å². The highest BCUT2D eigenvalue weighted by Crippen LogP contribution is 2.26. The molecule has 1 aliphatic rings. The number of carbonyl (C=O) groups is 1. The van der Waals surface area contributed by atoms with Crippen LogP contribution in [0.15, 0.2) is 67.1 Å². The minimum absolute atomic E-state index is 0.0875. The molecule has 34 heavy (non-hydrogen) atoms. The number of nitrogens with zero attached hydrogens (tertiary/aromatic N) is 4. The van der Waals surface area contributed by atoms with Gasteiger partial charge in [0.1, 0.15) is 5.82 Å². The van der Waals surface area contributed by atoms with E-state index in [2.05, 4.69) is 39.6 Å². The Morgan fingerprint density at radius 3 is 2.41 bits per heavy atom. The predicted octanol–water partition coefficient (Wildman–Crippen LogP) is 4.67. The van der Waals surface area contributed by atoms with E-state index < -0.39 is 0 Å². The van der Waals surface area contributed by atoms with Crippen LogP contribution in [0.2, 0.25) is 5.02 Å². The molecule has 8 heteroatoms. The topological polar surface area (TPSA) is 81.9 Å². The van der Waals surface area contributed by atoms with Crippen LogP contribution in [0.5, 0.6) is 0 Å². The fourth-order valence-corrected chi connectivity index (χ4v) is 4.36. The zero-order chi connectivity index (χ0) is 23.5. The number of nitrogens with one attached hydrogen (secondary N) is 1. The van der Waals surface area contributed by atoms with Crippen LogP contribution in [-0.2, 0) is 28.8 Å². The van der Waals surface area contributed by atoms with E-state index in [1.165, 1.54) is 11.1 Å². The first kappa shape index (κ1) is 22.1. The van der Waals surface area contributed by atoms with E-state index in [0.29, 0.717) is 29.1 Å². The van der Waals surface area contributed by atoms with E-state index in [1.54, 1.807) is 19.3 Å². The lowest BCUT2D eigenvalue weighted by Crippen LogP contribution is -2.21. The fourth-order valence-electron chi connectivity index (χ4n) is 4.24. The molecule has 0 amide bonds. The predicted molar refractivity (Wildman–Crippen MR) is 131 cm³/mol. The van der Waals surface area contributed by atoms with Gasteiger partial charge >= 0.3 is 5.97 Å². The molecular formula is C26H24ClN5O2. The van der Waals surface area contributed by atoms with Crippen molar-refractivity contribution in [1.82, 2.24) is 19.5 Å². The molecule has 0 spiro atoms. The van der Waals surface area contributed by atoms with Gasteiger partial charge in [0, 0.05) is 35.3 Å². The van der Waals surface area contributed by atoms with Crippen LogP contribution in [-0.4, -0.2) is 38.1 Å². The lowest BCUT2D eigenvalue weighted by molar-refractivity contribution is -0.142. The minimum atomic E-state index is -0.317. The largest absolute Gasteiger partial charge is 0.466 e. The molecule has 7 nitrogen and oxygen atoms in total. The lowest BCUT2D eigenvalue weighted by Gasteiger charge is -2.12. The Bertz CT molecular complexity index is 1280. The summed E-state index contributed by atoms with van der Waals surface area (Å²) in [6.45, 7) is 2.12. The third-order valence-electron chi connectivity index (χ3n) is 5.79. The smallest absolute Gasteiger partial charge is 0.311 e. The molecule has 1 aliphatic carbocycles. The standard InChI is InChI=1S/C26H24ClN5O2/c1-2-34-24(33)13-22-16-32(23-9-7-20(27)8-10-23)25(30-22)19-14-28-26(29-15-19)31-21-11-17-5-3-4-6-18(17)12-21/h3-10,14-16,21H,2,11-13H2,1H3,(H,28,29,31). The molecule has 0 atom stereocenters. The zero-order valence-electron chi connectivity index (χ0n) is 18.7. The first-order valence-electron chi connectivity index (χ1n) is 11.2. The Morgan fingerprint density at radius 1 is 1.09 bits per heavy atom. The van der Waals surface area contributed by atoms with Gasteiger partial charge in [-0.3, -0.25) is 9.36 Å². The van der Waals surface area contributed by atoms with Crippen molar-refractivity contribution in [2.24, 2.45) is 0 Å². The van der Waals surface area contributed by atoms with Crippen LogP contribution in [0.1, 0.15) is 23.7 Å². The second kappa shape index (κ2) is 9.65. The van der Waals surface area contributed by atoms with Crippen molar-refractivity contribution in [2.75, 3.05) is 11.9 Å². The van der Waals surface area contributed by atoms with Crippen molar-refractivity contribution >= 4 is 23.5 Å². The summed E-state index contributed by atoms with van der Waals surface area (Å²) in [6.07, 6.45) is 7.33. The molecule has 2 aromatic heterocycles. The number of rotatable bonds is 7. The van der Waals surface area contributed by atoms with Crippen molar-refractivity contribution in [1.29, 1.82) is 0 Å². The van der Waals surface area contributed by atoms with E-state index in [9.17, 15) is 4.79 Å². The van der Waals surface area contributed by atoms with Crippen LogP contribution in [0.25, 0.3) is 17.1 Å². The third kappa shape index (κ3) is 4.79. The van der Waals surface area contributed by atoms with Gasteiger partial charge in [-0.1, -0.05) is 35.9 Å². The number of anilines is 1. The lowest BCUT2D eigenvalue weighted by atomic mass is 10.1. The molecule has 1 N–H and O–H groups in total. The first-order valence-corrected chi connectivity index (χ1v) is 11.6. The van der Waals surface area contributed by atoms with Gasteiger partial charge in [0.2, 0.25) is 5.95 Å². The van der Waals surface area contributed by atoms with Gasteiger partial charge in [0.05, 0.1) is 24.3 Å². The van der Waals surface area contributed by atoms with Crippen LogP contribution < -0.4 is 5.32 Å². The number of carbonyl (C=O) groups excluding carboxylic acids is 1. The molecule has 0 saturated heterocycles. The monoisotopic (exact) mass is 473 g/mol. The number of imidazole rings is 1. The zero-order valence-corrected chi connectivity index (χ0v) is 19.5. The third-order valence-corrected chi connectivity index (χ3v) is 6.04. The molecule has 0 saturated carbocycles. The summed E-state index contributed by atoms with van der Waals surface area (Å²) in [7, 11) is 0. The average molecular weight is 474 g/mol. The first-order chi connectivity index (χ1) is 16.6. The van der Waals surface area contributed by atoms with E-state index in [1.807, 2.05) is 35.0 Å². The van der Waals surface area contributed by atoms with Gasteiger partial charge in [-0.05, 0) is 55.2 Å². The van der Waals surface area contributed by atoms with Crippen LogP contribution >= 0.6 is 11.6 Å². The van der Waals surface area contributed by atoms with Gasteiger partial charge in [-0.25, -0.2) is 15.0 Å². The second-order valence-corrected chi connectivity index (χ2v) is 8.63. The molecule has 4 aromatic rings. The minimum Gasteiger partial charge on any atom is -0.466 e. The number of aromatic nitrogens is 4. The highest BCUT2D eigenvalue weighted by Gasteiger charge is 2.22. The normalized spacial score (nSPS) is 13.0. The number of benzene rings is 2. The number of esters is 1. The molecule has 2 aromatic carbocycles. The van der Waals surface area contributed by atoms with Crippen molar-refractivity contribution in [3.05, 3.63) is 89.0 Å². The van der Waals surface area contributed by atoms with E-state index in [0.717, 1.165) is 24.1 Å². The van der Waals surface area contributed by atoms with Crippen molar-refractivity contribution in [3.8, 4) is 17.1 Å². The average Bonchev–Trinajstić information content (AvgIpc) is 3.44. The van der Waals surface area contributed by atoms with Crippen LogP contribution in [0.3, 0.4) is 0 Å². The van der Waals surface area contributed by atoms with Crippen LogP contribution in [0.4, 0.5) is 5.95 Å². The van der Waals surface area contributed by atoms with Gasteiger partial charge in [-0.15, -0.1) is 0 Å². The Morgan fingerprint density at radius 2 is 1.76 bits per heavy atom. The van der Waals surface area contributed by atoms with Gasteiger partial charge in [-0.2, -0.15) is 0 Å². The van der Waals surface area contributed by atoms with Gasteiger partial charge in [0.15, 0.2) is 0 Å². The Kier molecular flexibility index (Phi) is 6.27. The van der Waals surface area contributed by atoms with Crippen molar-refractivity contribution in [3.63, 3.8) is 0 Å². The van der Waals surface area contributed by atoms with Crippen LogP contribution in [0, 0.1) is 0 Å². The summed E-state index contributed by atoms with van der Waals surface area (Å²) in [5, 5.41) is 4.08. The number of fused-ring (bicyclic) bond motifs is 1.